The Morgan fingerprint density at radius 2 is 1.66 bits per heavy atom. The zero-order valence-electron chi connectivity index (χ0n) is 16.5. The number of carbonyl (C=O) groups excluding carboxylic acids is 1. The summed E-state index contributed by atoms with van der Waals surface area (Å²) in [6.07, 6.45) is 1.49. The van der Waals surface area contributed by atoms with Gasteiger partial charge in [-0.3, -0.25) is 4.79 Å². The largest absolute Gasteiger partial charge is 0.480 e. The van der Waals surface area contributed by atoms with Gasteiger partial charge in [0.2, 0.25) is 0 Å². The average Bonchev–Trinajstić information content (AvgIpc) is 2.71. The molecule has 0 heterocycles. The second kappa shape index (κ2) is 8.62. The Kier molecular flexibility index (Phi) is 5.99. The van der Waals surface area contributed by atoms with E-state index in [1.807, 2.05) is 48.5 Å². The van der Waals surface area contributed by atoms with Crippen LogP contribution in [-0.4, -0.2) is 22.5 Å². The van der Waals surface area contributed by atoms with Gasteiger partial charge in [-0.2, -0.15) is 0 Å². The minimum Gasteiger partial charge on any atom is -0.480 e. The summed E-state index contributed by atoms with van der Waals surface area (Å²) in [6.45, 7) is 2.92. The van der Waals surface area contributed by atoms with Crippen LogP contribution in [0, 0.1) is 11.8 Å². The maximum Gasteiger partial charge on any atom is 0.328 e. The van der Waals surface area contributed by atoms with Gasteiger partial charge in [0.15, 0.2) is 0 Å². The van der Waals surface area contributed by atoms with Crippen LogP contribution in [-0.2, 0) is 11.2 Å². The summed E-state index contributed by atoms with van der Waals surface area (Å²) in [7, 11) is 0. The normalized spacial score (nSPS) is 10.8. The predicted molar refractivity (Wildman–Crippen MR) is 115 cm³/mol. The molecule has 0 aliphatic rings. The third-order valence-electron chi connectivity index (χ3n) is 4.73. The van der Waals surface area contributed by atoms with Crippen LogP contribution in [0.1, 0.15) is 41.8 Å². The highest BCUT2D eigenvalue weighted by molar-refractivity contribution is 6.04. The Morgan fingerprint density at radius 1 is 0.966 bits per heavy atom. The van der Waals surface area contributed by atoms with Crippen molar-refractivity contribution in [1.29, 1.82) is 0 Å². The van der Waals surface area contributed by atoms with Crippen LogP contribution in [0.25, 0.3) is 10.8 Å². The maximum absolute atomic E-state index is 12.8. The fourth-order valence-electron chi connectivity index (χ4n) is 3.00. The number of benzene rings is 3. The molecule has 1 amide bonds. The molecule has 3 aromatic rings. The Labute approximate surface area is 170 Å². The third-order valence-corrected chi connectivity index (χ3v) is 4.73. The van der Waals surface area contributed by atoms with E-state index < -0.39 is 17.4 Å². The molecule has 0 bridgehead atoms. The first-order valence-electron chi connectivity index (χ1n) is 9.49. The van der Waals surface area contributed by atoms with Crippen molar-refractivity contribution in [1.82, 2.24) is 5.32 Å². The molecule has 0 fully saturated rings. The fourth-order valence-corrected chi connectivity index (χ4v) is 3.00. The number of hydrogen-bond acceptors (Lipinski definition) is 2. The topological polar surface area (TPSA) is 66.4 Å². The molecule has 0 aliphatic heterocycles. The van der Waals surface area contributed by atoms with Crippen LogP contribution in [0.4, 0.5) is 0 Å². The monoisotopic (exact) mass is 385 g/mol. The van der Waals surface area contributed by atoms with E-state index >= 15 is 0 Å². The highest BCUT2D eigenvalue weighted by Crippen LogP contribution is 2.22. The summed E-state index contributed by atoms with van der Waals surface area (Å²) < 4.78 is 0. The molecule has 0 aromatic heterocycles. The van der Waals surface area contributed by atoms with E-state index in [1.54, 1.807) is 6.07 Å². The minimum atomic E-state index is -1.37. The molecular formula is C25H23NO3. The highest BCUT2D eigenvalue weighted by atomic mass is 16.4. The van der Waals surface area contributed by atoms with E-state index in [0.717, 1.165) is 17.2 Å². The number of hydrogen-bond donors (Lipinski definition) is 2. The summed E-state index contributed by atoms with van der Waals surface area (Å²) in [5, 5.41) is 13.8. The molecule has 4 heteroatoms. The van der Waals surface area contributed by atoms with Crippen LogP contribution in [0.3, 0.4) is 0 Å². The number of fused-ring (bicyclic) bond motifs is 1. The Balaban J connectivity index is 1.93. The van der Waals surface area contributed by atoms with Crippen LogP contribution in [0.5, 0.6) is 0 Å². The molecule has 0 saturated heterocycles. The molecule has 0 atom stereocenters. The maximum atomic E-state index is 12.8. The number of rotatable bonds is 5. The lowest BCUT2D eigenvalue weighted by Gasteiger charge is -2.21. The molecule has 0 spiro atoms. The lowest BCUT2D eigenvalue weighted by atomic mass is 9.97. The second-order valence-electron chi connectivity index (χ2n) is 7.38. The molecule has 0 aliphatic carbocycles. The minimum absolute atomic E-state index is 0.380. The van der Waals surface area contributed by atoms with E-state index in [0.29, 0.717) is 17.5 Å². The predicted octanol–water partition coefficient (Wildman–Crippen LogP) is 4.42. The number of nitrogens with one attached hydrogen (secondary N) is 1. The lowest BCUT2D eigenvalue weighted by molar-refractivity contribution is -0.143. The number of carboxylic acid groups (broad SMARTS) is 1. The van der Waals surface area contributed by atoms with Gasteiger partial charge in [-0.1, -0.05) is 72.5 Å². The summed E-state index contributed by atoms with van der Waals surface area (Å²) in [6, 6.07) is 21.4. The van der Waals surface area contributed by atoms with Gasteiger partial charge in [-0.05, 0) is 42.7 Å². The van der Waals surface area contributed by atoms with E-state index in [9.17, 15) is 14.7 Å². The smallest absolute Gasteiger partial charge is 0.328 e. The van der Waals surface area contributed by atoms with E-state index in [1.165, 1.54) is 19.4 Å². The summed E-state index contributed by atoms with van der Waals surface area (Å²) in [4.78, 5) is 24.2. The molecular weight excluding hydrogens is 362 g/mol. The Bertz CT molecular complexity index is 1110. The van der Waals surface area contributed by atoms with E-state index in [-0.39, 0.29) is 0 Å². The van der Waals surface area contributed by atoms with Crippen LogP contribution >= 0.6 is 0 Å². The van der Waals surface area contributed by atoms with Crippen LogP contribution in [0.15, 0.2) is 66.7 Å². The van der Waals surface area contributed by atoms with Gasteiger partial charge in [-0.15, -0.1) is 0 Å². The molecule has 0 radical (unpaired) electrons. The zero-order valence-corrected chi connectivity index (χ0v) is 16.5. The first-order chi connectivity index (χ1) is 13.9. The van der Waals surface area contributed by atoms with Crippen molar-refractivity contribution in [3.8, 4) is 11.8 Å². The number of amides is 1. The van der Waals surface area contributed by atoms with Crippen molar-refractivity contribution >= 4 is 22.6 Å². The molecule has 29 heavy (non-hydrogen) atoms. The van der Waals surface area contributed by atoms with Gasteiger partial charge in [0.05, 0.1) is 5.56 Å². The summed E-state index contributed by atoms with van der Waals surface area (Å²) in [5.74, 6) is 4.80. The SMILES string of the molecule is CC(C)(NC(=O)c1ccc2ccccc2c1C#CCCc1ccccc1)C(=O)O. The number of aliphatic carboxylic acids is 1. The van der Waals surface area contributed by atoms with Crippen molar-refractivity contribution in [3.63, 3.8) is 0 Å². The van der Waals surface area contributed by atoms with Crippen LogP contribution in [0.2, 0.25) is 0 Å². The van der Waals surface area contributed by atoms with Crippen LogP contribution < -0.4 is 5.32 Å². The third kappa shape index (κ3) is 4.83. The summed E-state index contributed by atoms with van der Waals surface area (Å²) >= 11 is 0. The second-order valence-corrected chi connectivity index (χ2v) is 7.38. The van der Waals surface area contributed by atoms with Gasteiger partial charge in [0.1, 0.15) is 5.54 Å². The van der Waals surface area contributed by atoms with Crippen molar-refractivity contribution < 1.29 is 14.7 Å². The standard InChI is InChI=1S/C25H23NO3/c1-25(2,24(28)29)26-23(27)22-17-16-19-13-7-9-14-20(19)21(22)15-8-6-12-18-10-4-3-5-11-18/h3-5,7,9-11,13-14,16-17H,6,12H2,1-2H3,(H,26,27)(H,28,29). The van der Waals surface area contributed by atoms with Gasteiger partial charge in [0, 0.05) is 12.0 Å². The molecule has 146 valence electrons. The summed E-state index contributed by atoms with van der Waals surface area (Å²) in [5.41, 5.74) is 0.835. The van der Waals surface area contributed by atoms with E-state index in [2.05, 4.69) is 29.3 Å². The van der Waals surface area contributed by atoms with Crippen molar-refractivity contribution in [3.05, 3.63) is 83.4 Å². The lowest BCUT2D eigenvalue weighted by Crippen LogP contribution is -2.49. The highest BCUT2D eigenvalue weighted by Gasteiger charge is 2.30. The molecule has 3 aromatic carbocycles. The van der Waals surface area contributed by atoms with Gasteiger partial charge in [-0.25, -0.2) is 4.79 Å². The molecule has 0 unspecified atom stereocenters. The van der Waals surface area contributed by atoms with Gasteiger partial charge < -0.3 is 10.4 Å². The van der Waals surface area contributed by atoms with Gasteiger partial charge in [0.25, 0.3) is 5.91 Å². The molecule has 4 nitrogen and oxygen atoms in total. The average molecular weight is 385 g/mol. The number of carboxylic acids is 1. The number of aryl methyl sites for hydroxylation is 1. The molecule has 2 N–H and O–H groups in total. The Morgan fingerprint density at radius 3 is 2.38 bits per heavy atom. The first kappa shape index (κ1) is 20.2. The molecule has 3 rings (SSSR count). The van der Waals surface area contributed by atoms with Crippen molar-refractivity contribution in [2.75, 3.05) is 0 Å². The Hall–Kier alpha value is -3.58. The first-order valence-corrected chi connectivity index (χ1v) is 9.49. The molecule has 0 saturated carbocycles. The fraction of sp³-hybridized carbons (Fsp3) is 0.200. The van der Waals surface area contributed by atoms with Crippen molar-refractivity contribution in [2.45, 2.75) is 32.2 Å². The number of carbonyl (C=O) groups is 2. The van der Waals surface area contributed by atoms with E-state index in [4.69, 9.17) is 0 Å². The zero-order chi connectivity index (χ0) is 20.9. The van der Waals surface area contributed by atoms with Crippen molar-refractivity contribution in [2.24, 2.45) is 0 Å². The quantitative estimate of drug-likeness (QED) is 0.639. The van der Waals surface area contributed by atoms with Gasteiger partial charge >= 0.3 is 5.97 Å².